The molecule has 0 saturated carbocycles. The molecule has 0 aromatic heterocycles. The number of nitrogens with one attached hydrogen (secondary N) is 2. The number of anilines is 1. The summed E-state index contributed by atoms with van der Waals surface area (Å²) < 4.78 is 38.3. The Morgan fingerprint density at radius 2 is 1.86 bits per heavy atom. The number of benzene rings is 2. The van der Waals surface area contributed by atoms with Crippen LogP contribution in [0.25, 0.3) is 0 Å². The molecule has 2 N–H and O–H groups in total. The standard InChI is InChI=1S/C18H16F3N3O4S/c1-10-3-4-11(17(26)22-2)7-13(10)23-16(25)9-29-15-6-5-12(18(19,20)21)8-14(15)24(27)28/h3-8H,9H2,1-2H3,(H,22,26)(H,23,25). The molecule has 0 aliphatic rings. The Morgan fingerprint density at radius 3 is 2.45 bits per heavy atom. The van der Waals surface area contributed by atoms with Crippen LogP contribution in [-0.2, 0) is 11.0 Å². The van der Waals surface area contributed by atoms with Crippen LogP contribution in [0.5, 0.6) is 0 Å². The molecule has 11 heteroatoms. The largest absolute Gasteiger partial charge is 0.416 e. The topological polar surface area (TPSA) is 101 Å². The molecule has 7 nitrogen and oxygen atoms in total. The first-order valence-electron chi connectivity index (χ1n) is 8.14. The van der Waals surface area contributed by atoms with E-state index in [2.05, 4.69) is 10.6 Å². The van der Waals surface area contributed by atoms with Gasteiger partial charge in [-0.05, 0) is 36.8 Å². The SMILES string of the molecule is CNC(=O)c1ccc(C)c(NC(=O)CSc2ccc(C(F)(F)F)cc2[N+](=O)[O-])c1. The van der Waals surface area contributed by atoms with Gasteiger partial charge >= 0.3 is 6.18 Å². The average molecular weight is 427 g/mol. The van der Waals surface area contributed by atoms with Gasteiger partial charge in [0.25, 0.3) is 11.6 Å². The molecule has 0 unspecified atom stereocenters. The summed E-state index contributed by atoms with van der Waals surface area (Å²) in [6.45, 7) is 1.72. The molecule has 0 atom stereocenters. The Morgan fingerprint density at radius 1 is 1.17 bits per heavy atom. The highest BCUT2D eigenvalue weighted by Crippen LogP contribution is 2.36. The molecular weight excluding hydrogens is 411 g/mol. The molecular formula is C18H16F3N3O4S. The fourth-order valence-electron chi connectivity index (χ4n) is 2.33. The van der Waals surface area contributed by atoms with E-state index in [0.29, 0.717) is 22.9 Å². The highest BCUT2D eigenvalue weighted by atomic mass is 32.2. The summed E-state index contributed by atoms with van der Waals surface area (Å²) >= 11 is 0.743. The Balaban J connectivity index is 2.14. The van der Waals surface area contributed by atoms with E-state index in [1.807, 2.05) is 0 Å². The van der Waals surface area contributed by atoms with Gasteiger partial charge in [0.1, 0.15) is 0 Å². The third kappa shape index (κ3) is 5.70. The van der Waals surface area contributed by atoms with Crippen molar-refractivity contribution in [1.29, 1.82) is 0 Å². The molecule has 0 radical (unpaired) electrons. The predicted molar refractivity (Wildman–Crippen MR) is 102 cm³/mol. The maximum atomic E-state index is 12.8. The second-order valence-electron chi connectivity index (χ2n) is 5.88. The van der Waals surface area contributed by atoms with Gasteiger partial charge in [-0.15, -0.1) is 11.8 Å². The van der Waals surface area contributed by atoms with Crippen LogP contribution < -0.4 is 10.6 Å². The second kappa shape index (κ2) is 8.95. The Kier molecular flexibility index (Phi) is 6.85. The lowest BCUT2D eigenvalue weighted by Gasteiger charge is -2.11. The van der Waals surface area contributed by atoms with Gasteiger partial charge in [0, 0.05) is 24.4 Å². The number of alkyl halides is 3. The van der Waals surface area contributed by atoms with Gasteiger partial charge in [-0.1, -0.05) is 6.07 Å². The summed E-state index contributed by atoms with van der Waals surface area (Å²) in [6.07, 6.45) is -4.71. The van der Waals surface area contributed by atoms with Crippen LogP contribution in [-0.4, -0.2) is 29.5 Å². The number of aryl methyl sites for hydroxylation is 1. The van der Waals surface area contributed by atoms with Crippen molar-refractivity contribution < 1.29 is 27.7 Å². The second-order valence-corrected chi connectivity index (χ2v) is 6.90. The van der Waals surface area contributed by atoms with Crippen molar-refractivity contribution in [2.24, 2.45) is 0 Å². The molecule has 0 bridgehead atoms. The zero-order valence-corrected chi connectivity index (χ0v) is 16.1. The van der Waals surface area contributed by atoms with Crippen LogP contribution in [0.1, 0.15) is 21.5 Å². The van der Waals surface area contributed by atoms with Gasteiger partial charge in [0.15, 0.2) is 0 Å². The summed E-state index contributed by atoms with van der Waals surface area (Å²) in [4.78, 5) is 34.0. The van der Waals surface area contributed by atoms with Crippen LogP contribution >= 0.6 is 11.8 Å². The number of rotatable bonds is 6. The maximum absolute atomic E-state index is 12.8. The number of thioether (sulfide) groups is 1. The number of hydrogen-bond acceptors (Lipinski definition) is 5. The minimum atomic E-state index is -4.71. The van der Waals surface area contributed by atoms with Crippen molar-refractivity contribution >= 4 is 35.0 Å². The van der Waals surface area contributed by atoms with E-state index in [0.717, 1.165) is 23.9 Å². The first-order valence-corrected chi connectivity index (χ1v) is 9.12. The highest BCUT2D eigenvalue weighted by molar-refractivity contribution is 8.00. The Hall–Kier alpha value is -3.08. The number of nitro groups is 1. The number of amides is 2. The van der Waals surface area contributed by atoms with Gasteiger partial charge in [-0.2, -0.15) is 13.2 Å². The molecule has 2 aromatic rings. The van der Waals surface area contributed by atoms with E-state index in [-0.39, 0.29) is 16.6 Å². The van der Waals surface area contributed by atoms with Crippen LogP contribution in [0.2, 0.25) is 0 Å². The third-order valence-electron chi connectivity index (χ3n) is 3.84. The fraction of sp³-hybridized carbons (Fsp3) is 0.222. The van der Waals surface area contributed by atoms with Crippen molar-refractivity contribution in [3.63, 3.8) is 0 Å². The molecule has 0 heterocycles. The van der Waals surface area contributed by atoms with Crippen molar-refractivity contribution in [3.8, 4) is 0 Å². The molecule has 0 aliphatic carbocycles. The molecule has 2 amide bonds. The number of nitro benzene ring substituents is 1. The van der Waals surface area contributed by atoms with E-state index >= 15 is 0 Å². The van der Waals surface area contributed by atoms with Crippen LogP contribution in [0.4, 0.5) is 24.5 Å². The average Bonchev–Trinajstić information content (AvgIpc) is 2.66. The van der Waals surface area contributed by atoms with E-state index in [1.165, 1.54) is 13.1 Å². The quantitative estimate of drug-likeness (QED) is 0.412. The zero-order valence-electron chi connectivity index (χ0n) is 15.3. The number of hydrogen-bond donors (Lipinski definition) is 2. The maximum Gasteiger partial charge on any atom is 0.416 e. The lowest BCUT2D eigenvalue weighted by molar-refractivity contribution is -0.388. The van der Waals surface area contributed by atoms with E-state index < -0.39 is 28.3 Å². The number of halogens is 3. The lowest BCUT2D eigenvalue weighted by Crippen LogP contribution is -2.19. The van der Waals surface area contributed by atoms with Gasteiger partial charge in [0.2, 0.25) is 5.91 Å². The summed E-state index contributed by atoms with van der Waals surface area (Å²) in [5, 5.41) is 16.2. The monoisotopic (exact) mass is 427 g/mol. The Labute approximate surface area is 167 Å². The molecule has 2 rings (SSSR count). The number of carbonyl (C=O) groups excluding carboxylic acids is 2. The molecule has 154 valence electrons. The zero-order chi connectivity index (χ0) is 21.8. The number of nitrogens with zero attached hydrogens (tertiary/aromatic N) is 1. The van der Waals surface area contributed by atoms with Crippen molar-refractivity contribution in [1.82, 2.24) is 5.32 Å². The summed E-state index contributed by atoms with van der Waals surface area (Å²) in [6, 6.07) is 6.85. The van der Waals surface area contributed by atoms with Crippen LogP contribution in [0.15, 0.2) is 41.3 Å². The van der Waals surface area contributed by atoms with E-state index in [4.69, 9.17) is 0 Å². The Bertz CT molecular complexity index is 964. The van der Waals surface area contributed by atoms with E-state index in [9.17, 15) is 32.9 Å². The number of carbonyl (C=O) groups is 2. The lowest BCUT2D eigenvalue weighted by atomic mass is 10.1. The van der Waals surface area contributed by atoms with Gasteiger partial charge in [-0.25, -0.2) is 0 Å². The van der Waals surface area contributed by atoms with Gasteiger partial charge in [0.05, 0.1) is 21.1 Å². The molecule has 0 saturated heterocycles. The fourth-order valence-corrected chi connectivity index (χ4v) is 3.13. The molecule has 0 spiro atoms. The summed E-state index contributed by atoms with van der Waals surface area (Å²) in [5.41, 5.74) is -0.454. The minimum Gasteiger partial charge on any atom is -0.355 e. The predicted octanol–water partition coefficient (Wildman–Crippen LogP) is 4.01. The molecule has 29 heavy (non-hydrogen) atoms. The molecule has 0 aliphatic heterocycles. The third-order valence-corrected chi connectivity index (χ3v) is 4.91. The van der Waals surface area contributed by atoms with Gasteiger partial charge in [-0.3, -0.25) is 19.7 Å². The first-order chi connectivity index (χ1) is 13.5. The smallest absolute Gasteiger partial charge is 0.355 e. The normalized spacial score (nSPS) is 11.1. The summed E-state index contributed by atoms with van der Waals surface area (Å²) in [5.74, 6) is -1.13. The van der Waals surface area contributed by atoms with Gasteiger partial charge < -0.3 is 10.6 Å². The first kappa shape index (κ1) is 22.2. The minimum absolute atomic E-state index is 0.0611. The van der Waals surface area contributed by atoms with Crippen molar-refractivity contribution in [2.45, 2.75) is 18.0 Å². The molecule has 0 fully saturated rings. The van der Waals surface area contributed by atoms with Crippen molar-refractivity contribution in [2.75, 3.05) is 18.1 Å². The van der Waals surface area contributed by atoms with E-state index in [1.54, 1.807) is 19.1 Å². The highest BCUT2D eigenvalue weighted by Gasteiger charge is 2.33. The van der Waals surface area contributed by atoms with Crippen LogP contribution in [0.3, 0.4) is 0 Å². The van der Waals surface area contributed by atoms with Crippen molar-refractivity contribution in [3.05, 3.63) is 63.2 Å². The van der Waals surface area contributed by atoms with Crippen LogP contribution in [0, 0.1) is 17.0 Å². The summed E-state index contributed by atoms with van der Waals surface area (Å²) in [7, 11) is 1.47. The molecule has 2 aromatic carbocycles.